The fourth-order valence-electron chi connectivity index (χ4n) is 2.74. The minimum Gasteiger partial charge on any atom is -0.0654 e. The van der Waals surface area contributed by atoms with E-state index in [0.717, 1.165) is 0 Å². The molecule has 0 amide bonds. The van der Waals surface area contributed by atoms with Crippen molar-refractivity contribution in [1.29, 1.82) is 0 Å². The normalized spacial score (nSPS) is 10.9. The zero-order chi connectivity index (χ0) is 13.9. The van der Waals surface area contributed by atoms with E-state index in [-0.39, 0.29) is 0 Å². The molecule has 0 aromatic heterocycles. The second-order valence-electron chi connectivity index (χ2n) is 5.62. The van der Waals surface area contributed by atoms with E-state index in [9.17, 15) is 0 Å². The molecule has 1 radical (unpaired) electrons. The summed E-state index contributed by atoms with van der Waals surface area (Å²) in [7, 11) is 0. The lowest BCUT2D eigenvalue weighted by atomic mass is 9.91. The summed E-state index contributed by atoms with van der Waals surface area (Å²) >= 11 is 0. The van der Waals surface area contributed by atoms with Crippen LogP contribution in [0.2, 0.25) is 0 Å². The first-order valence-electron chi connectivity index (χ1n) is 8.34. The molecule has 0 heteroatoms. The van der Waals surface area contributed by atoms with Gasteiger partial charge in [-0.2, -0.15) is 0 Å². The topological polar surface area (TPSA) is 0 Å². The predicted octanol–water partition coefficient (Wildman–Crippen LogP) is 5.90. The largest absolute Gasteiger partial charge is 0.0654 e. The number of hydrogen-bond donors (Lipinski definition) is 0. The fraction of sp³-hybridized carbons (Fsp3) is 0.684. The Bertz CT molecular complexity index is 338. The molecule has 0 aliphatic rings. The smallest absolute Gasteiger partial charge is 0.0146 e. The van der Waals surface area contributed by atoms with Crippen LogP contribution in [0.3, 0.4) is 0 Å². The third kappa shape index (κ3) is 5.80. The van der Waals surface area contributed by atoms with Crippen molar-refractivity contribution in [2.45, 2.75) is 85.0 Å². The number of unbranched alkanes of at least 4 members (excludes halogenated alkanes) is 4. The highest BCUT2D eigenvalue weighted by Gasteiger charge is 2.07. The zero-order valence-corrected chi connectivity index (χ0v) is 13.2. The molecule has 0 aliphatic heterocycles. The lowest BCUT2D eigenvalue weighted by Crippen LogP contribution is -2.01. The Morgan fingerprint density at radius 2 is 1.58 bits per heavy atom. The Morgan fingerprint density at radius 3 is 2.26 bits per heavy atom. The van der Waals surface area contributed by atoms with Crippen LogP contribution in [0.25, 0.3) is 0 Å². The van der Waals surface area contributed by atoms with E-state index in [2.05, 4.69) is 39.0 Å². The van der Waals surface area contributed by atoms with Crippen molar-refractivity contribution in [3.8, 4) is 0 Å². The van der Waals surface area contributed by atoms with Gasteiger partial charge >= 0.3 is 0 Å². The molecule has 0 N–H and O–H groups in total. The molecule has 0 fully saturated rings. The first-order chi connectivity index (χ1) is 9.33. The average Bonchev–Trinajstić information content (AvgIpc) is 2.43. The summed E-state index contributed by atoms with van der Waals surface area (Å²) in [6.07, 6.45) is 13.0. The maximum absolute atomic E-state index is 3.52. The Morgan fingerprint density at radius 1 is 0.789 bits per heavy atom. The van der Waals surface area contributed by atoms with E-state index in [1.54, 1.807) is 11.1 Å². The first kappa shape index (κ1) is 16.3. The van der Waals surface area contributed by atoms with Gasteiger partial charge in [0.25, 0.3) is 0 Å². The second kappa shape index (κ2) is 10.1. The molecule has 0 spiro atoms. The molecule has 1 aromatic carbocycles. The van der Waals surface area contributed by atoms with E-state index in [1.165, 1.54) is 69.8 Å². The minimum absolute atomic E-state index is 1.23. The van der Waals surface area contributed by atoms with Gasteiger partial charge < -0.3 is 0 Å². The molecule has 0 heterocycles. The highest BCUT2D eigenvalue weighted by atomic mass is 14.1. The molecule has 1 aromatic rings. The number of benzene rings is 1. The SMILES string of the molecule is CCCCCCc1[c]ccc(CCC)c1CCCC. The maximum atomic E-state index is 3.52. The number of aryl methyl sites for hydroxylation is 2. The van der Waals surface area contributed by atoms with Crippen molar-refractivity contribution in [2.75, 3.05) is 0 Å². The summed E-state index contributed by atoms with van der Waals surface area (Å²) < 4.78 is 0. The Labute approximate surface area is 120 Å². The van der Waals surface area contributed by atoms with Gasteiger partial charge in [-0.3, -0.25) is 0 Å². The highest BCUT2D eigenvalue weighted by molar-refractivity contribution is 5.35. The quantitative estimate of drug-likeness (QED) is 0.459. The molecular weight excluding hydrogens is 228 g/mol. The van der Waals surface area contributed by atoms with Crippen LogP contribution in [-0.4, -0.2) is 0 Å². The van der Waals surface area contributed by atoms with Crippen LogP contribution in [0.4, 0.5) is 0 Å². The van der Waals surface area contributed by atoms with Crippen molar-refractivity contribution in [2.24, 2.45) is 0 Å². The Hall–Kier alpha value is -0.780. The molecule has 0 saturated heterocycles. The Balaban J connectivity index is 2.72. The van der Waals surface area contributed by atoms with Crippen LogP contribution in [0.15, 0.2) is 12.1 Å². The first-order valence-corrected chi connectivity index (χ1v) is 8.34. The molecule has 107 valence electrons. The highest BCUT2D eigenvalue weighted by Crippen LogP contribution is 2.21. The van der Waals surface area contributed by atoms with Crippen LogP contribution < -0.4 is 0 Å². The summed E-state index contributed by atoms with van der Waals surface area (Å²) in [5.74, 6) is 0. The summed E-state index contributed by atoms with van der Waals surface area (Å²) in [6, 6.07) is 7.97. The maximum Gasteiger partial charge on any atom is -0.0146 e. The molecule has 0 atom stereocenters. The predicted molar refractivity (Wildman–Crippen MR) is 85.7 cm³/mol. The summed E-state index contributed by atoms with van der Waals surface area (Å²) in [5.41, 5.74) is 4.72. The molecule has 0 unspecified atom stereocenters. The lowest BCUT2D eigenvalue weighted by Gasteiger charge is -2.14. The average molecular weight is 259 g/mol. The van der Waals surface area contributed by atoms with Crippen LogP contribution in [0.5, 0.6) is 0 Å². The number of rotatable bonds is 10. The molecule has 0 nitrogen and oxygen atoms in total. The fourth-order valence-corrected chi connectivity index (χ4v) is 2.74. The van der Waals surface area contributed by atoms with Crippen LogP contribution in [-0.2, 0) is 19.3 Å². The van der Waals surface area contributed by atoms with E-state index >= 15 is 0 Å². The molecule has 0 saturated carbocycles. The zero-order valence-electron chi connectivity index (χ0n) is 13.2. The van der Waals surface area contributed by atoms with Crippen LogP contribution in [0.1, 0.15) is 82.4 Å². The van der Waals surface area contributed by atoms with Gasteiger partial charge in [-0.15, -0.1) is 0 Å². The van der Waals surface area contributed by atoms with Crippen LogP contribution in [0, 0.1) is 6.07 Å². The van der Waals surface area contributed by atoms with E-state index in [4.69, 9.17) is 0 Å². The van der Waals surface area contributed by atoms with E-state index in [0.29, 0.717) is 0 Å². The summed E-state index contributed by atoms with van der Waals surface area (Å²) in [4.78, 5) is 0. The van der Waals surface area contributed by atoms with Gasteiger partial charge in [0.1, 0.15) is 0 Å². The van der Waals surface area contributed by atoms with Gasteiger partial charge in [0.15, 0.2) is 0 Å². The molecule has 1 rings (SSSR count). The molecule has 0 bridgehead atoms. The van der Waals surface area contributed by atoms with E-state index in [1.807, 2.05) is 0 Å². The lowest BCUT2D eigenvalue weighted by molar-refractivity contribution is 0.661. The van der Waals surface area contributed by atoms with E-state index < -0.39 is 0 Å². The van der Waals surface area contributed by atoms with Gasteiger partial charge in [-0.1, -0.05) is 65.0 Å². The van der Waals surface area contributed by atoms with Crippen molar-refractivity contribution < 1.29 is 0 Å². The van der Waals surface area contributed by atoms with Crippen molar-refractivity contribution >= 4 is 0 Å². The van der Waals surface area contributed by atoms with Gasteiger partial charge in [0.2, 0.25) is 0 Å². The summed E-state index contributed by atoms with van der Waals surface area (Å²) in [6.45, 7) is 6.84. The van der Waals surface area contributed by atoms with Crippen molar-refractivity contribution in [3.05, 3.63) is 34.9 Å². The monoisotopic (exact) mass is 259 g/mol. The minimum atomic E-state index is 1.23. The van der Waals surface area contributed by atoms with Gasteiger partial charge in [-0.25, -0.2) is 0 Å². The molecule has 19 heavy (non-hydrogen) atoms. The van der Waals surface area contributed by atoms with Gasteiger partial charge in [0, 0.05) is 0 Å². The third-order valence-electron chi connectivity index (χ3n) is 3.87. The summed E-state index contributed by atoms with van der Waals surface area (Å²) in [5, 5.41) is 0. The molecular formula is C19H31. The van der Waals surface area contributed by atoms with Gasteiger partial charge in [-0.05, 0) is 54.9 Å². The molecule has 0 aliphatic carbocycles. The van der Waals surface area contributed by atoms with Crippen molar-refractivity contribution in [3.63, 3.8) is 0 Å². The standard InChI is InChI=1S/C19H31/c1-4-7-9-10-13-18-15-11-14-17(12-6-3)19(18)16-8-5-2/h11,14H,4-10,12-13,16H2,1-3H3. The second-order valence-corrected chi connectivity index (χ2v) is 5.62. The number of hydrogen-bond acceptors (Lipinski definition) is 0. The van der Waals surface area contributed by atoms with Crippen LogP contribution >= 0.6 is 0 Å². The van der Waals surface area contributed by atoms with Crippen molar-refractivity contribution in [1.82, 2.24) is 0 Å². The third-order valence-corrected chi connectivity index (χ3v) is 3.87. The van der Waals surface area contributed by atoms with Gasteiger partial charge in [0.05, 0.1) is 0 Å². The Kier molecular flexibility index (Phi) is 8.62.